The van der Waals surface area contributed by atoms with E-state index in [4.69, 9.17) is 23.2 Å². The Kier molecular flexibility index (Phi) is 11.9. The quantitative estimate of drug-likeness (QED) is 0.239. The maximum atomic E-state index is 13.9. The molecule has 226 valence electrons. The molecule has 0 saturated carbocycles. The number of carbonyl (C=O) groups is 2. The van der Waals surface area contributed by atoms with Gasteiger partial charge in [-0.05, 0) is 80.6 Å². The van der Waals surface area contributed by atoms with Gasteiger partial charge in [-0.2, -0.15) is 0 Å². The second-order valence-electron chi connectivity index (χ2n) is 10.9. The van der Waals surface area contributed by atoms with Crippen molar-refractivity contribution in [3.63, 3.8) is 0 Å². The van der Waals surface area contributed by atoms with Crippen molar-refractivity contribution >= 4 is 50.7 Å². The Labute approximate surface area is 259 Å². The summed E-state index contributed by atoms with van der Waals surface area (Å²) < 4.78 is 26.8. The average Bonchev–Trinajstić information content (AvgIpc) is 2.89. The van der Waals surface area contributed by atoms with Crippen LogP contribution in [0.15, 0.2) is 66.7 Å². The topological polar surface area (TPSA) is 86.8 Å². The Balaban J connectivity index is 1.91. The highest BCUT2D eigenvalue weighted by molar-refractivity contribution is 7.92. The summed E-state index contributed by atoms with van der Waals surface area (Å²) in [4.78, 5) is 29.0. The van der Waals surface area contributed by atoms with Gasteiger partial charge in [-0.3, -0.25) is 13.9 Å². The third-order valence-electron chi connectivity index (χ3n) is 6.69. The maximum Gasteiger partial charge on any atom is 0.243 e. The predicted octanol–water partition coefficient (Wildman–Crippen LogP) is 6.32. The van der Waals surface area contributed by atoms with Gasteiger partial charge in [-0.15, -0.1) is 0 Å². The van der Waals surface area contributed by atoms with Crippen molar-refractivity contribution in [3.05, 3.63) is 99.0 Å². The van der Waals surface area contributed by atoms with Crippen molar-refractivity contribution in [2.75, 3.05) is 17.1 Å². The van der Waals surface area contributed by atoms with E-state index in [0.29, 0.717) is 22.2 Å². The standard InChI is InChI=1S/C32H39Cl2N3O4S/c1-22(2)35-32(39)30(20-25-10-7-6-8-11-25)36(21-26-13-14-28(33)29(34)19-26)31(38)12-9-15-37(42(5,40)41)27-17-23(3)16-24(4)18-27/h6-8,10-11,13-14,16-19,22,30H,9,12,15,20-21H2,1-5H3,(H,35,39). The van der Waals surface area contributed by atoms with E-state index in [1.54, 1.807) is 23.1 Å². The van der Waals surface area contributed by atoms with E-state index in [0.717, 1.165) is 28.5 Å². The molecule has 1 unspecified atom stereocenters. The Bertz CT molecular complexity index is 1480. The number of hydrogen-bond acceptors (Lipinski definition) is 4. The molecule has 3 aromatic rings. The molecular formula is C32H39Cl2N3O4S. The average molecular weight is 633 g/mol. The first kappa shape index (κ1) is 33.4. The molecule has 2 amide bonds. The number of amides is 2. The monoisotopic (exact) mass is 631 g/mol. The number of carbonyl (C=O) groups excluding carboxylic acids is 2. The van der Waals surface area contributed by atoms with E-state index in [-0.39, 0.29) is 43.8 Å². The van der Waals surface area contributed by atoms with E-state index < -0.39 is 16.1 Å². The molecule has 0 heterocycles. The van der Waals surface area contributed by atoms with Crippen molar-refractivity contribution < 1.29 is 18.0 Å². The van der Waals surface area contributed by atoms with Gasteiger partial charge in [0.25, 0.3) is 0 Å². The summed E-state index contributed by atoms with van der Waals surface area (Å²) in [6.45, 7) is 7.82. The van der Waals surface area contributed by atoms with Crippen LogP contribution in [0.5, 0.6) is 0 Å². The minimum atomic E-state index is -3.59. The van der Waals surface area contributed by atoms with Gasteiger partial charge in [0.2, 0.25) is 21.8 Å². The summed E-state index contributed by atoms with van der Waals surface area (Å²) in [5.41, 5.74) is 4.09. The summed E-state index contributed by atoms with van der Waals surface area (Å²) in [5.74, 6) is -0.537. The van der Waals surface area contributed by atoms with Crippen LogP contribution in [0, 0.1) is 13.8 Å². The predicted molar refractivity (Wildman–Crippen MR) is 172 cm³/mol. The van der Waals surface area contributed by atoms with E-state index in [1.807, 2.05) is 76.2 Å². The van der Waals surface area contributed by atoms with Crippen LogP contribution in [0.3, 0.4) is 0 Å². The lowest BCUT2D eigenvalue weighted by atomic mass is 10.0. The number of nitrogens with one attached hydrogen (secondary N) is 1. The number of aryl methyl sites for hydroxylation is 2. The number of nitrogens with zero attached hydrogens (tertiary/aromatic N) is 2. The summed E-state index contributed by atoms with van der Waals surface area (Å²) in [6.07, 6.45) is 1.78. The largest absolute Gasteiger partial charge is 0.352 e. The highest BCUT2D eigenvalue weighted by Gasteiger charge is 2.31. The van der Waals surface area contributed by atoms with E-state index in [9.17, 15) is 18.0 Å². The molecule has 0 radical (unpaired) electrons. The first-order valence-corrected chi connectivity index (χ1v) is 16.5. The lowest BCUT2D eigenvalue weighted by Crippen LogP contribution is -2.51. The highest BCUT2D eigenvalue weighted by Crippen LogP contribution is 2.26. The van der Waals surface area contributed by atoms with Crippen molar-refractivity contribution in [3.8, 4) is 0 Å². The fraction of sp³-hybridized carbons (Fsp3) is 0.375. The third-order valence-corrected chi connectivity index (χ3v) is 8.62. The summed E-state index contributed by atoms with van der Waals surface area (Å²) in [7, 11) is -3.59. The molecule has 0 bridgehead atoms. The van der Waals surface area contributed by atoms with E-state index >= 15 is 0 Å². The zero-order valence-corrected chi connectivity index (χ0v) is 27.1. The van der Waals surface area contributed by atoms with Crippen LogP contribution in [0.1, 0.15) is 48.9 Å². The van der Waals surface area contributed by atoms with Crippen LogP contribution in [0.4, 0.5) is 5.69 Å². The number of halogens is 2. The fourth-order valence-electron chi connectivity index (χ4n) is 4.87. The smallest absolute Gasteiger partial charge is 0.243 e. The number of benzene rings is 3. The first-order chi connectivity index (χ1) is 19.7. The number of sulfonamides is 1. The lowest BCUT2D eigenvalue weighted by Gasteiger charge is -2.32. The van der Waals surface area contributed by atoms with Gasteiger partial charge < -0.3 is 10.2 Å². The molecule has 1 N–H and O–H groups in total. The Morgan fingerprint density at radius 2 is 1.52 bits per heavy atom. The van der Waals surface area contributed by atoms with Crippen molar-refractivity contribution in [1.82, 2.24) is 10.2 Å². The van der Waals surface area contributed by atoms with Gasteiger partial charge >= 0.3 is 0 Å². The van der Waals surface area contributed by atoms with Crippen LogP contribution in [0.2, 0.25) is 10.0 Å². The molecule has 0 aliphatic carbocycles. The van der Waals surface area contributed by atoms with Crippen molar-refractivity contribution in [1.29, 1.82) is 0 Å². The molecule has 3 aromatic carbocycles. The third kappa shape index (κ3) is 9.75. The highest BCUT2D eigenvalue weighted by atomic mass is 35.5. The second-order valence-corrected chi connectivity index (χ2v) is 13.6. The minimum Gasteiger partial charge on any atom is -0.352 e. The van der Waals surface area contributed by atoms with Crippen molar-refractivity contribution in [2.24, 2.45) is 0 Å². The maximum absolute atomic E-state index is 13.9. The summed E-state index contributed by atoms with van der Waals surface area (Å²) in [5, 5.41) is 3.71. The van der Waals surface area contributed by atoms with Gasteiger partial charge in [-0.1, -0.05) is 65.7 Å². The van der Waals surface area contributed by atoms with Crippen LogP contribution < -0.4 is 9.62 Å². The molecule has 0 saturated heterocycles. The Morgan fingerprint density at radius 1 is 0.881 bits per heavy atom. The zero-order chi connectivity index (χ0) is 31.0. The summed E-state index contributed by atoms with van der Waals surface area (Å²) in [6, 6.07) is 19.3. The first-order valence-electron chi connectivity index (χ1n) is 13.9. The molecule has 0 spiro atoms. The van der Waals surface area contributed by atoms with Gasteiger partial charge in [0.05, 0.1) is 22.0 Å². The molecule has 0 aliphatic rings. The van der Waals surface area contributed by atoms with Crippen LogP contribution in [-0.4, -0.2) is 50.0 Å². The molecule has 1 atom stereocenters. The Hall–Kier alpha value is -3.07. The van der Waals surface area contributed by atoms with Gasteiger partial charge in [0.15, 0.2) is 0 Å². The van der Waals surface area contributed by atoms with Crippen LogP contribution in [0.25, 0.3) is 0 Å². The van der Waals surface area contributed by atoms with Gasteiger partial charge in [-0.25, -0.2) is 8.42 Å². The Morgan fingerprint density at radius 3 is 2.10 bits per heavy atom. The van der Waals surface area contributed by atoms with E-state index in [2.05, 4.69) is 5.32 Å². The number of rotatable bonds is 13. The zero-order valence-electron chi connectivity index (χ0n) is 24.7. The van der Waals surface area contributed by atoms with Gasteiger partial charge in [0, 0.05) is 32.0 Å². The van der Waals surface area contributed by atoms with Crippen molar-refractivity contribution in [2.45, 2.75) is 65.6 Å². The van der Waals surface area contributed by atoms with Gasteiger partial charge in [0.1, 0.15) is 6.04 Å². The molecule has 0 aliphatic heterocycles. The molecule has 3 rings (SSSR count). The fourth-order valence-corrected chi connectivity index (χ4v) is 6.14. The minimum absolute atomic E-state index is 0.0401. The summed E-state index contributed by atoms with van der Waals surface area (Å²) >= 11 is 12.4. The molecule has 7 nitrogen and oxygen atoms in total. The van der Waals surface area contributed by atoms with E-state index in [1.165, 1.54) is 4.31 Å². The molecule has 42 heavy (non-hydrogen) atoms. The number of hydrogen-bond donors (Lipinski definition) is 1. The molecule has 0 fully saturated rings. The number of anilines is 1. The van der Waals surface area contributed by atoms with Crippen LogP contribution in [-0.2, 0) is 32.6 Å². The normalized spacial score (nSPS) is 12.2. The SMILES string of the molecule is Cc1cc(C)cc(N(CCCC(=O)N(Cc2ccc(Cl)c(Cl)c2)C(Cc2ccccc2)C(=O)NC(C)C)S(C)(=O)=O)c1. The lowest BCUT2D eigenvalue weighted by molar-refractivity contribution is -0.141. The van der Waals surface area contributed by atoms with Crippen LogP contribution >= 0.6 is 23.2 Å². The molecular weight excluding hydrogens is 593 g/mol. The molecule has 10 heteroatoms. The molecule has 0 aromatic heterocycles. The second kappa shape index (κ2) is 14.9.